The highest BCUT2D eigenvalue weighted by molar-refractivity contribution is 5.17. The molecule has 3 rings (SSSR count). The van der Waals surface area contributed by atoms with E-state index in [1.54, 1.807) is 0 Å². The highest BCUT2D eigenvalue weighted by Gasteiger charge is 2.23. The van der Waals surface area contributed by atoms with E-state index in [1.807, 2.05) is 7.11 Å². The molecule has 2 saturated carbocycles. The van der Waals surface area contributed by atoms with Crippen LogP contribution in [0.3, 0.4) is 0 Å². The van der Waals surface area contributed by atoms with Gasteiger partial charge in [0.15, 0.2) is 0 Å². The van der Waals surface area contributed by atoms with Gasteiger partial charge in [-0.2, -0.15) is 0 Å². The Morgan fingerprint density at radius 3 is 1.86 bits per heavy atom. The monoisotopic (exact) mass is 396 g/mol. The van der Waals surface area contributed by atoms with E-state index in [2.05, 4.69) is 43.0 Å². The van der Waals surface area contributed by atoms with E-state index in [-0.39, 0.29) is 6.10 Å². The van der Waals surface area contributed by atoms with E-state index in [9.17, 15) is 0 Å². The molecule has 2 aliphatic carbocycles. The Bertz CT molecular complexity index is 549. The van der Waals surface area contributed by atoms with E-state index in [4.69, 9.17) is 4.74 Å². The number of benzene rings is 1. The van der Waals surface area contributed by atoms with Crippen molar-refractivity contribution in [2.75, 3.05) is 7.11 Å². The minimum atomic E-state index is 0.274. The fraction of sp³-hybridized carbons (Fsp3) is 0.714. The molecule has 1 aromatic carbocycles. The summed E-state index contributed by atoms with van der Waals surface area (Å²) in [6.07, 6.45) is 22.4. The van der Waals surface area contributed by atoms with Crippen molar-refractivity contribution in [1.29, 1.82) is 0 Å². The molecular weight excluding hydrogens is 352 g/mol. The van der Waals surface area contributed by atoms with Gasteiger partial charge in [0.05, 0.1) is 6.10 Å². The van der Waals surface area contributed by atoms with Crippen molar-refractivity contribution in [3.05, 3.63) is 48.6 Å². The molecule has 0 amide bonds. The maximum atomic E-state index is 5.77. The molecule has 1 atom stereocenters. The molecule has 1 aromatic rings. The molecule has 0 spiro atoms. The lowest BCUT2D eigenvalue weighted by molar-refractivity contribution is 0.0852. The molecule has 0 radical (unpaired) electrons. The normalized spacial score (nSPS) is 28.7. The van der Waals surface area contributed by atoms with Gasteiger partial charge < -0.3 is 4.74 Å². The first kappa shape index (κ1) is 22.6. The molecule has 2 aliphatic rings. The minimum absolute atomic E-state index is 0.274. The van der Waals surface area contributed by atoms with Gasteiger partial charge in [0, 0.05) is 7.11 Å². The third-order valence-corrected chi connectivity index (χ3v) is 7.96. The van der Waals surface area contributed by atoms with Crippen molar-refractivity contribution in [1.82, 2.24) is 0 Å². The molecule has 0 bridgehead atoms. The van der Waals surface area contributed by atoms with Gasteiger partial charge in [0.1, 0.15) is 0 Å². The third-order valence-electron chi connectivity index (χ3n) is 7.96. The number of hydrogen-bond acceptors (Lipinski definition) is 1. The van der Waals surface area contributed by atoms with Gasteiger partial charge in [0.25, 0.3) is 0 Å². The van der Waals surface area contributed by atoms with Gasteiger partial charge >= 0.3 is 0 Å². The van der Waals surface area contributed by atoms with E-state index in [0.29, 0.717) is 0 Å². The van der Waals surface area contributed by atoms with E-state index in [0.717, 1.165) is 23.7 Å². The zero-order valence-electron chi connectivity index (χ0n) is 18.9. The van der Waals surface area contributed by atoms with Crippen LogP contribution in [0.1, 0.15) is 102 Å². The van der Waals surface area contributed by atoms with Crippen molar-refractivity contribution in [3.8, 4) is 0 Å². The van der Waals surface area contributed by atoms with Crippen LogP contribution in [0.5, 0.6) is 0 Å². The summed E-state index contributed by atoms with van der Waals surface area (Å²) >= 11 is 0. The summed E-state index contributed by atoms with van der Waals surface area (Å²) in [7, 11) is 1.86. The Labute approximate surface area is 180 Å². The van der Waals surface area contributed by atoms with E-state index >= 15 is 0 Å². The van der Waals surface area contributed by atoms with Gasteiger partial charge in [-0.15, -0.1) is 6.58 Å². The van der Waals surface area contributed by atoms with Gasteiger partial charge in [-0.3, -0.25) is 0 Å². The fourth-order valence-corrected chi connectivity index (χ4v) is 5.86. The van der Waals surface area contributed by atoms with Gasteiger partial charge in [-0.05, 0) is 67.8 Å². The predicted octanol–water partition coefficient (Wildman–Crippen LogP) is 8.51. The van der Waals surface area contributed by atoms with E-state index < -0.39 is 0 Å². The molecule has 0 heterocycles. The van der Waals surface area contributed by atoms with Crippen LogP contribution < -0.4 is 0 Å². The average Bonchev–Trinajstić information content (AvgIpc) is 2.79. The van der Waals surface area contributed by atoms with Crippen LogP contribution in [0.2, 0.25) is 0 Å². The average molecular weight is 397 g/mol. The Kier molecular flexibility index (Phi) is 9.80. The minimum Gasteiger partial charge on any atom is -0.377 e. The lowest BCUT2D eigenvalue weighted by atomic mass is 9.77. The molecule has 1 heteroatoms. The van der Waals surface area contributed by atoms with Crippen LogP contribution in [0, 0.1) is 23.7 Å². The molecule has 162 valence electrons. The quantitative estimate of drug-likeness (QED) is 0.269. The SMILES string of the molecule is C=CC1CCC(CCCCC2CCC(CCC(OC)c3ccccc3)CC2)CC1. The van der Waals surface area contributed by atoms with Crippen LogP contribution in [-0.4, -0.2) is 7.11 Å². The maximum absolute atomic E-state index is 5.77. The zero-order chi connectivity index (χ0) is 20.3. The topological polar surface area (TPSA) is 9.23 Å². The summed E-state index contributed by atoms with van der Waals surface area (Å²) < 4.78 is 5.77. The van der Waals surface area contributed by atoms with Crippen LogP contribution in [0.25, 0.3) is 0 Å². The molecule has 0 aromatic heterocycles. The smallest absolute Gasteiger partial charge is 0.0821 e. The van der Waals surface area contributed by atoms with Crippen molar-refractivity contribution < 1.29 is 4.74 Å². The Morgan fingerprint density at radius 2 is 1.34 bits per heavy atom. The lowest BCUT2D eigenvalue weighted by Crippen LogP contribution is -2.16. The highest BCUT2D eigenvalue weighted by atomic mass is 16.5. The summed E-state index contributed by atoms with van der Waals surface area (Å²) in [5, 5.41) is 0. The highest BCUT2D eigenvalue weighted by Crippen LogP contribution is 2.37. The summed E-state index contributed by atoms with van der Waals surface area (Å²) in [6, 6.07) is 10.7. The molecular formula is C28H44O. The van der Waals surface area contributed by atoms with Crippen LogP contribution in [0.15, 0.2) is 43.0 Å². The molecule has 0 saturated heterocycles. The van der Waals surface area contributed by atoms with E-state index in [1.165, 1.54) is 95.5 Å². The number of ether oxygens (including phenoxy) is 1. The Hall–Kier alpha value is -1.08. The first-order chi connectivity index (χ1) is 14.3. The summed E-state index contributed by atoms with van der Waals surface area (Å²) in [5.41, 5.74) is 1.33. The molecule has 0 N–H and O–H groups in total. The number of unbranched alkanes of at least 4 members (excludes halogenated alkanes) is 1. The van der Waals surface area contributed by atoms with Crippen molar-refractivity contribution in [3.63, 3.8) is 0 Å². The first-order valence-corrected chi connectivity index (χ1v) is 12.5. The Balaban J connectivity index is 1.24. The van der Waals surface area contributed by atoms with Crippen molar-refractivity contribution in [2.45, 2.75) is 96.0 Å². The third kappa shape index (κ3) is 7.59. The molecule has 1 unspecified atom stereocenters. The fourth-order valence-electron chi connectivity index (χ4n) is 5.86. The maximum Gasteiger partial charge on any atom is 0.0821 e. The molecule has 1 nitrogen and oxygen atoms in total. The van der Waals surface area contributed by atoms with Crippen molar-refractivity contribution >= 4 is 0 Å². The zero-order valence-corrected chi connectivity index (χ0v) is 18.9. The summed E-state index contributed by atoms with van der Waals surface area (Å²) in [5.74, 6) is 3.76. The largest absolute Gasteiger partial charge is 0.377 e. The number of allylic oxidation sites excluding steroid dienone is 1. The molecule has 0 aliphatic heterocycles. The Morgan fingerprint density at radius 1 is 0.828 bits per heavy atom. The van der Waals surface area contributed by atoms with Crippen molar-refractivity contribution in [2.24, 2.45) is 23.7 Å². The number of hydrogen-bond donors (Lipinski definition) is 0. The number of methoxy groups -OCH3 is 1. The van der Waals surface area contributed by atoms with Crippen LogP contribution >= 0.6 is 0 Å². The van der Waals surface area contributed by atoms with Crippen LogP contribution in [0.4, 0.5) is 0 Å². The second-order valence-corrected chi connectivity index (χ2v) is 9.90. The van der Waals surface area contributed by atoms with Crippen LogP contribution in [-0.2, 0) is 4.74 Å². The van der Waals surface area contributed by atoms with Gasteiger partial charge in [-0.25, -0.2) is 0 Å². The second-order valence-electron chi connectivity index (χ2n) is 9.90. The standard InChI is InChI=1S/C28H44O/c1-3-23-13-15-24(16-14-23)9-7-8-10-25-17-19-26(20-18-25)21-22-28(29-2)27-11-5-4-6-12-27/h3-6,11-12,23-26,28H,1,7-10,13-22H2,2H3. The molecule has 29 heavy (non-hydrogen) atoms. The summed E-state index contributed by atoms with van der Waals surface area (Å²) in [4.78, 5) is 0. The van der Waals surface area contributed by atoms with Gasteiger partial charge in [0.2, 0.25) is 0 Å². The van der Waals surface area contributed by atoms with Gasteiger partial charge in [-0.1, -0.05) is 87.8 Å². The predicted molar refractivity (Wildman–Crippen MR) is 125 cm³/mol. The lowest BCUT2D eigenvalue weighted by Gasteiger charge is -2.30. The first-order valence-electron chi connectivity index (χ1n) is 12.5. The number of rotatable bonds is 11. The second kappa shape index (κ2) is 12.6. The summed E-state index contributed by atoms with van der Waals surface area (Å²) in [6.45, 7) is 3.97. The molecule has 2 fully saturated rings.